The average molecular weight is 327 g/mol. The van der Waals surface area contributed by atoms with E-state index in [1.165, 1.54) is 29.2 Å². The Morgan fingerprint density at radius 3 is 2.77 bits per heavy atom. The van der Waals surface area contributed by atoms with Crippen molar-refractivity contribution in [3.8, 4) is 0 Å². The molecule has 1 atom stereocenters. The van der Waals surface area contributed by atoms with E-state index in [0.29, 0.717) is 11.3 Å². The lowest BCUT2D eigenvalue weighted by molar-refractivity contribution is 0.987. The molecular formula is C17H17N3S2. The van der Waals surface area contributed by atoms with E-state index >= 15 is 0 Å². The second kappa shape index (κ2) is 5.89. The van der Waals surface area contributed by atoms with Gasteiger partial charge in [0.2, 0.25) is 5.13 Å². The smallest absolute Gasteiger partial charge is 0.206 e. The molecule has 0 bridgehead atoms. The first kappa shape index (κ1) is 14.0. The van der Waals surface area contributed by atoms with Gasteiger partial charge in [-0.2, -0.15) is 0 Å². The average Bonchev–Trinajstić information content (AvgIpc) is 3.25. The number of nitrogens with zero attached hydrogens (tertiary/aromatic N) is 2. The zero-order chi connectivity index (χ0) is 14.9. The van der Waals surface area contributed by atoms with Crippen LogP contribution in [0.2, 0.25) is 0 Å². The Hall–Kier alpha value is -1.59. The molecule has 3 nitrogen and oxygen atoms in total. The van der Waals surface area contributed by atoms with Crippen LogP contribution in [0.1, 0.15) is 30.6 Å². The van der Waals surface area contributed by atoms with Crippen molar-refractivity contribution in [1.82, 2.24) is 10.2 Å². The minimum atomic E-state index is 0.367. The SMILES string of the molecule is CC(Sc1nnc(NC2CC2)s1)c1ccc2ccccc2c1. The van der Waals surface area contributed by atoms with Gasteiger partial charge in [-0.05, 0) is 36.1 Å². The molecule has 22 heavy (non-hydrogen) atoms. The van der Waals surface area contributed by atoms with Crippen molar-refractivity contribution in [2.75, 3.05) is 5.32 Å². The normalized spacial score (nSPS) is 15.9. The highest BCUT2D eigenvalue weighted by Gasteiger charge is 2.22. The lowest BCUT2D eigenvalue weighted by Crippen LogP contribution is -1.99. The van der Waals surface area contributed by atoms with E-state index < -0.39 is 0 Å². The summed E-state index contributed by atoms with van der Waals surface area (Å²) in [5.41, 5.74) is 1.33. The van der Waals surface area contributed by atoms with Crippen molar-refractivity contribution < 1.29 is 0 Å². The first-order valence-corrected chi connectivity index (χ1v) is 9.23. The first-order chi connectivity index (χ1) is 10.8. The van der Waals surface area contributed by atoms with Crippen LogP contribution in [0, 0.1) is 0 Å². The molecule has 1 N–H and O–H groups in total. The topological polar surface area (TPSA) is 37.8 Å². The number of hydrogen-bond acceptors (Lipinski definition) is 5. The summed E-state index contributed by atoms with van der Waals surface area (Å²) < 4.78 is 1.03. The van der Waals surface area contributed by atoms with Crippen LogP contribution in [0.15, 0.2) is 46.8 Å². The highest BCUT2D eigenvalue weighted by molar-refractivity contribution is 8.01. The second-order valence-corrected chi connectivity index (χ2v) is 8.22. The molecule has 0 aliphatic heterocycles. The monoisotopic (exact) mass is 327 g/mol. The van der Waals surface area contributed by atoms with Crippen molar-refractivity contribution >= 4 is 39.0 Å². The summed E-state index contributed by atoms with van der Waals surface area (Å²) >= 11 is 3.44. The molecular weight excluding hydrogens is 310 g/mol. The van der Waals surface area contributed by atoms with E-state index in [1.54, 1.807) is 23.1 Å². The Morgan fingerprint density at radius 1 is 1.14 bits per heavy atom. The Labute approximate surface area is 138 Å². The number of rotatable bonds is 5. The number of anilines is 1. The third-order valence-electron chi connectivity index (χ3n) is 3.83. The molecule has 1 aliphatic carbocycles. The highest BCUT2D eigenvalue weighted by atomic mass is 32.2. The predicted molar refractivity (Wildman–Crippen MR) is 94.8 cm³/mol. The third-order valence-corrected chi connectivity index (χ3v) is 5.93. The molecule has 3 aromatic rings. The van der Waals surface area contributed by atoms with Crippen molar-refractivity contribution in [3.05, 3.63) is 48.0 Å². The molecule has 1 aliphatic rings. The van der Waals surface area contributed by atoms with Gasteiger partial charge in [0.1, 0.15) is 0 Å². The van der Waals surface area contributed by atoms with E-state index in [2.05, 4.69) is 64.9 Å². The lowest BCUT2D eigenvalue weighted by atomic mass is 10.1. The Kier molecular flexibility index (Phi) is 3.76. The van der Waals surface area contributed by atoms with Crippen LogP contribution in [0.5, 0.6) is 0 Å². The lowest BCUT2D eigenvalue weighted by Gasteiger charge is -2.10. The van der Waals surface area contributed by atoms with Gasteiger partial charge in [-0.3, -0.25) is 0 Å². The number of thioether (sulfide) groups is 1. The highest BCUT2D eigenvalue weighted by Crippen LogP contribution is 2.38. The fraction of sp³-hybridized carbons (Fsp3) is 0.294. The van der Waals surface area contributed by atoms with E-state index in [4.69, 9.17) is 0 Å². The number of benzene rings is 2. The fourth-order valence-corrected chi connectivity index (χ4v) is 4.49. The quantitative estimate of drug-likeness (QED) is 0.660. The summed E-state index contributed by atoms with van der Waals surface area (Å²) in [5, 5.41) is 15.8. The summed E-state index contributed by atoms with van der Waals surface area (Å²) in [5.74, 6) is 0. The van der Waals surface area contributed by atoms with Gasteiger partial charge in [0.05, 0.1) is 0 Å². The molecule has 112 valence electrons. The largest absolute Gasteiger partial charge is 0.357 e. The number of nitrogens with one attached hydrogen (secondary N) is 1. The van der Waals surface area contributed by atoms with Crippen LogP contribution in [0.4, 0.5) is 5.13 Å². The van der Waals surface area contributed by atoms with Gasteiger partial charge in [0, 0.05) is 11.3 Å². The molecule has 1 unspecified atom stereocenters. The summed E-state index contributed by atoms with van der Waals surface area (Å²) in [6.45, 7) is 2.23. The van der Waals surface area contributed by atoms with E-state index in [-0.39, 0.29) is 0 Å². The van der Waals surface area contributed by atoms with E-state index in [9.17, 15) is 0 Å². The number of fused-ring (bicyclic) bond motifs is 1. The van der Waals surface area contributed by atoms with Gasteiger partial charge < -0.3 is 5.32 Å². The second-order valence-electron chi connectivity index (χ2n) is 5.66. The summed E-state index contributed by atoms with van der Waals surface area (Å²) in [6, 6.07) is 15.8. The Balaban J connectivity index is 1.49. The first-order valence-electron chi connectivity index (χ1n) is 7.53. The van der Waals surface area contributed by atoms with Crippen LogP contribution in [0.25, 0.3) is 10.8 Å². The molecule has 0 saturated heterocycles. The molecule has 1 aromatic heterocycles. The number of hydrogen-bond donors (Lipinski definition) is 1. The minimum absolute atomic E-state index is 0.367. The third kappa shape index (κ3) is 3.10. The zero-order valence-electron chi connectivity index (χ0n) is 12.3. The van der Waals surface area contributed by atoms with Crippen molar-refractivity contribution in [2.24, 2.45) is 0 Å². The summed E-state index contributed by atoms with van der Waals surface area (Å²) in [6.07, 6.45) is 2.52. The Bertz CT molecular complexity index is 795. The zero-order valence-corrected chi connectivity index (χ0v) is 14.0. The van der Waals surface area contributed by atoms with Crippen molar-refractivity contribution in [1.29, 1.82) is 0 Å². The maximum atomic E-state index is 4.29. The summed E-state index contributed by atoms with van der Waals surface area (Å²) in [7, 11) is 0. The van der Waals surface area contributed by atoms with Gasteiger partial charge in [-0.25, -0.2) is 0 Å². The van der Waals surface area contributed by atoms with Gasteiger partial charge >= 0.3 is 0 Å². The van der Waals surface area contributed by atoms with Crippen molar-refractivity contribution in [2.45, 2.75) is 35.4 Å². The molecule has 1 fully saturated rings. The Morgan fingerprint density at radius 2 is 1.95 bits per heavy atom. The van der Waals surface area contributed by atoms with Crippen LogP contribution < -0.4 is 5.32 Å². The van der Waals surface area contributed by atoms with E-state index in [1.807, 2.05) is 0 Å². The molecule has 5 heteroatoms. The van der Waals surface area contributed by atoms with Crippen LogP contribution in [0.3, 0.4) is 0 Å². The van der Waals surface area contributed by atoms with Crippen LogP contribution in [-0.2, 0) is 0 Å². The molecule has 0 amide bonds. The molecule has 1 heterocycles. The maximum absolute atomic E-state index is 4.29. The number of aromatic nitrogens is 2. The molecule has 0 spiro atoms. The predicted octanol–water partition coefficient (Wildman–Crippen LogP) is 5.12. The maximum Gasteiger partial charge on any atom is 0.206 e. The standard InChI is InChI=1S/C17H17N3S2/c1-11(13-7-6-12-4-2-3-5-14(12)10-13)21-17-20-19-16(22-17)18-15-8-9-15/h2-7,10-11,15H,8-9H2,1H3,(H,18,19). The fourth-order valence-electron chi connectivity index (χ4n) is 2.40. The summed E-state index contributed by atoms with van der Waals surface area (Å²) in [4.78, 5) is 0. The van der Waals surface area contributed by atoms with Gasteiger partial charge in [0.25, 0.3) is 0 Å². The molecule has 2 aromatic carbocycles. The molecule has 4 rings (SSSR count). The van der Waals surface area contributed by atoms with Gasteiger partial charge in [-0.1, -0.05) is 65.6 Å². The van der Waals surface area contributed by atoms with Gasteiger partial charge in [-0.15, -0.1) is 10.2 Å². The minimum Gasteiger partial charge on any atom is -0.357 e. The van der Waals surface area contributed by atoms with E-state index in [0.717, 1.165) is 9.47 Å². The van der Waals surface area contributed by atoms with Crippen molar-refractivity contribution in [3.63, 3.8) is 0 Å². The van der Waals surface area contributed by atoms with Gasteiger partial charge in [0.15, 0.2) is 4.34 Å². The van der Waals surface area contributed by atoms with Crippen LogP contribution >= 0.6 is 23.1 Å². The molecule has 1 saturated carbocycles. The molecule has 0 radical (unpaired) electrons. The van der Waals surface area contributed by atoms with Crippen LogP contribution in [-0.4, -0.2) is 16.2 Å².